The van der Waals surface area contributed by atoms with Gasteiger partial charge in [0.1, 0.15) is 11.3 Å². The Labute approximate surface area is 195 Å². The van der Waals surface area contributed by atoms with Crippen LogP contribution in [0.1, 0.15) is 58.2 Å². The molecular formula is C27H42ClNO2. The summed E-state index contributed by atoms with van der Waals surface area (Å²) >= 11 is 5.86. The molecule has 2 aromatic carbocycles. The molecule has 0 radical (unpaired) electrons. The van der Waals surface area contributed by atoms with Gasteiger partial charge in [0.25, 0.3) is 0 Å². The lowest BCUT2D eigenvalue weighted by molar-refractivity contribution is -0.0761. The lowest BCUT2D eigenvalue weighted by atomic mass is 9.92. The first-order chi connectivity index (χ1) is 14.6. The highest BCUT2D eigenvalue weighted by Gasteiger charge is 2.15. The Hall–Kier alpha value is -1.55. The van der Waals surface area contributed by atoms with Crippen molar-refractivity contribution in [2.75, 3.05) is 14.1 Å². The first-order valence-corrected chi connectivity index (χ1v) is 11.8. The van der Waals surface area contributed by atoms with Gasteiger partial charge >= 0.3 is 0 Å². The summed E-state index contributed by atoms with van der Waals surface area (Å²) < 4.78 is 11.5. The zero-order valence-corrected chi connectivity index (χ0v) is 21.4. The van der Waals surface area contributed by atoms with Gasteiger partial charge in [0.15, 0.2) is 6.29 Å². The van der Waals surface area contributed by atoms with Crippen LogP contribution < -0.4 is 4.74 Å². The van der Waals surface area contributed by atoms with Gasteiger partial charge in [-0.1, -0.05) is 81.8 Å². The summed E-state index contributed by atoms with van der Waals surface area (Å²) in [5, 5.41) is 0. The topological polar surface area (TPSA) is 21.7 Å². The van der Waals surface area contributed by atoms with Gasteiger partial charge in [-0.15, -0.1) is 0 Å². The molecule has 174 valence electrons. The molecule has 0 aliphatic carbocycles. The second-order valence-electron chi connectivity index (χ2n) is 9.18. The highest BCUT2D eigenvalue weighted by atomic mass is 35.5. The Morgan fingerprint density at radius 3 is 1.94 bits per heavy atom. The molecule has 0 bridgehead atoms. The molecule has 0 fully saturated rings. The number of hydrogen-bond acceptors (Lipinski definition) is 3. The third kappa shape index (κ3) is 12.2. The fourth-order valence-electron chi connectivity index (χ4n) is 3.41. The third-order valence-electron chi connectivity index (χ3n) is 4.48. The predicted molar refractivity (Wildman–Crippen MR) is 134 cm³/mol. The van der Waals surface area contributed by atoms with Crippen molar-refractivity contribution in [1.82, 2.24) is 4.90 Å². The number of rotatable bonds is 10. The van der Waals surface area contributed by atoms with E-state index < -0.39 is 0 Å². The normalized spacial score (nSPS) is 13.2. The van der Waals surface area contributed by atoms with E-state index in [1.807, 2.05) is 19.1 Å². The number of nitrogens with zero attached hydrogens (tertiary/aromatic N) is 1. The summed E-state index contributed by atoms with van der Waals surface area (Å²) in [4.78, 5) is 2.16. The van der Waals surface area contributed by atoms with E-state index in [4.69, 9.17) is 21.1 Å². The Bertz CT molecular complexity index is 729. The van der Waals surface area contributed by atoms with Crippen molar-refractivity contribution in [1.29, 1.82) is 0 Å². The number of alkyl halides is 1. The molecule has 2 rings (SSSR count). The smallest absolute Gasteiger partial charge is 0.198 e. The molecule has 0 N–H and O–H groups in total. The molecule has 0 spiro atoms. The number of benzene rings is 2. The van der Waals surface area contributed by atoms with Crippen LogP contribution in [0.3, 0.4) is 0 Å². The van der Waals surface area contributed by atoms with Gasteiger partial charge in [-0.2, -0.15) is 0 Å². The van der Waals surface area contributed by atoms with Crippen molar-refractivity contribution in [2.24, 2.45) is 11.8 Å². The highest BCUT2D eigenvalue weighted by molar-refractivity contribution is 6.19. The van der Waals surface area contributed by atoms with Gasteiger partial charge in [0, 0.05) is 6.54 Å². The maximum absolute atomic E-state index is 5.97. The van der Waals surface area contributed by atoms with Crippen LogP contribution in [0.25, 0.3) is 0 Å². The van der Waals surface area contributed by atoms with E-state index in [1.54, 1.807) is 6.92 Å². The van der Waals surface area contributed by atoms with E-state index in [0.717, 1.165) is 25.1 Å². The van der Waals surface area contributed by atoms with E-state index in [9.17, 15) is 0 Å². The van der Waals surface area contributed by atoms with Crippen LogP contribution in [-0.2, 0) is 24.1 Å². The lowest BCUT2D eigenvalue weighted by Gasteiger charge is -2.22. The molecule has 2 atom stereocenters. The second kappa shape index (κ2) is 14.5. The minimum atomic E-state index is -0.354. The maximum atomic E-state index is 5.97. The van der Waals surface area contributed by atoms with E-state index in [-0.39, 0.29) is 11.9 Å². The van der Waals surface area contributed by atoms with E-state index >= 15 is 0 Å². The molecule has 0 heterocycles. The zero-order chi connectivity index (χ0) is 23.4. The molecule has 0 aliphatic heterocycles. The summed E-state index contributed by atoms with van der Waals surface area (Å²) in [5.41, 5.74) is 3.70. The van der Waals surface area contributed by atoms with E-state index in [2.05, 4.69) is 83.1 Å². The number of halogens is 1. The molecule has 2 aromatic rings. The van der Waals surface area contributed by atoms with Crippen molar-refractivity contribution in [2.45, 2.75) is 72.8 Å². The molecule has 0 aromatic heterocycles. The summed E-state index contributed by atoms with van der Waals surface area (Å²) in [6.07, 6.45) is 1.74. The molecular weight excluding hydrogens is 406 g/mol. The fourth-order valence-corrected chi connectivity index (χ4v) is 3.56. The summed E-state index contributed by atoms with van der Waals surface area (Å²) in [7, 11) is 4.15. The van der Waals surface area contributed by atoms with Gasteiger partial charge < -0.3 is 14.4 Å². The average molecular weight is 448 g/mol. The van der Waals surface area contributed by atoms with Crippen LogP contribution >= 0.6 is 11.6 Å². The van der Waals surface area contributed by atoms with Crippen molar-refractivity contribution in [3.8, 4) is 5.75 Å². The number of hydrogen-bond donors (Lipinski definition) is 0. The minimum absolute atomic E-state index is 0.349. The van der Waals surface area contributed by atoms with Crippen LogP contribution in [0.5, 0.6) is 5.75 Å². The fraction of sp³-hybridized carbons (Fsp3) is 0.556. The van der Waals surface area contributed by atoms with Gasteiger partial charge in [0.05, 0.1) is 0 Å². The first-order valence-electron chi connectivity index (χ1n) is 11.3. The van der Waals surface area contributed by atoms with E-state index in [1.165, 1.54) is 16.7 Å². The third-order valence-corrected chi connectivity index (χ3v) is 4.59. The van der Waals surface area contributed by atoms with Crippen LogP contribution in [0.15, 0.2) is 48.5 Å². The quantitative estimate of drug-likeness (QED) is 0.285. The van der Waals surface area contributed by atoms with Gasteiger partial charge in [-0.05, 0) is 75.4 Å². The van der Waals surface area contributed by atoms with Crippen LogP contribution in [0.2, 0.25) is 0 Å². The molecule has 0 aliphatic rings. The standard InChI is InChI=1S/C18H29ClO2.C9H13N/c1-12(2)10-16-8-7-9-18(17(16)11-13(3)4)21-15(6)20-14(5)19;1-10(2)8-9-6-4-3-5-7-9/h7-9,12-15H,10-11H2,1-6H3;3-7H,8H2,1-2H3. The Morgan fingerprint density at radius 1 is 0.806 bits per heavy atom. The highest BCUT2D eigenvalue weighted by Crippen LogP contribution is 2.28. The summed E-state index contributed by atoms with van der Waals surface area (Å²) in [6.45, 7) is 13.7. The summed E-state index contributed by atoms with van der Waals surface area (Å²) in [5.74, 6) is 2.14. The molecule has 31 heavy (non-hydrogen) atoms. The van der Waals surface area contributed by atoms with Crippen molar-refractivity contribution in [3.63, 3.8) is 0 Å². The SMILES string of the molecule is CC(C)Cc1cccc(OC(C)OC(C)Cl)c1CC(C)C.CN(C)Cc1ccccc1. The van der Waals surface area contributed by atoms with Crippen LogP contribution in [0, 0.1) is 11.8 Å². The van der Waals surface area contributed by atoms with E-state index in [0.29, 0.717) is 11.8 Å². The lowest BCUT2D eigenvalue weighted by Crippen LogP contribution is -2.20. The maximum Gasteiger partial charge on any atom is 0.198 e. The number of ether oxygens (including phenoxy) is 2. The van der Waals surface area contributed by atoms with Crippen molar-refractivity contribution in [3.05, 3.63) is 65.2 Å². The molecule has 0 amide bonds. The molecule has 4 heteroatoms. The van der Waals surface area contributed by atoms with Crippen LogP contribution in [-0.4, -0.2) is 30.8 Å². The van der Waals surface area contributed by atoms with Gasteiger partial charge in [-0.25, -0.2) is 0 Å². The summed E-state index contributed by atoms with van der Waals surface area (Å²) in [6, 6.07) is 16.8. The van der Waals surface area contributed by atoms with Gasteiger partial charge in [-0.3, -0.25) is 0 Å². The Balaban J connectivity index is 0.000000399. The Kier molecular flexibility index (Phi) is 12.9. The Morgan fingerprint density at radius 2 is 1.42 bits per heavy atom. The molecule has 0 saturated heterocycles. The van der Waals surface area contributed by atoms with Crippen LogP contribution in [0.4, 0.5) is 0 Å². The zero-order valence-electron chi connectivity index (χ0n) is 20.7. The monoisotopic (exact) mass is 447 g/mol. The predicted octanol–water partition coefficient (Wildman–Crippen LogP) is 7.16. The van der Waals surface area contributed by atoms with Crippen molar-refractivity contribution >= 4 is 11.6 Å². The molecule has 3 nitrogen and oxygen atoms in total. The second-order valence-corrected chi connectivity index (χ2v) is 9.79. The molecule has 0 saturated carbocycles. The largest absolute Gasteiger partial charge is 0.465 e. The first kappa shape index (κ1) is 27.5. The average Bonchev–Trinajstić information content (AvgIpc) is 2.64. The minimum Gasteiger partial charge on any atom is -0.465 e. The van der Waals surface area contributed by atoms with Gasteiger partial charge in [0.2, 0.25) is 0 Å². The molecule has 2 unspecified atom stereocenters. The van der Waals surface area contributed by atoms with Crippen molar-refractivity contribution < 1.29 is 9.47 Å².